The molecule has 0 aromatic heterocycles. The van der Waals surface area contributed by atoms with E-state index >= 15 is 0 Å². The average Bonchev–Trinajstić information content (AvgIpc) is 2.67. The minimum Gasteiger partial charge on any atom is -0.348 e. The zero-order chi connectivity index (χ0) is 20.5. The lowest BCUT2D eigenvalue weighted by atomic mass is 10.0. The number of likely N-dealkylation sites (tertiary alicyclic amines) is 1. The smallest absolute Gasteiger partial charge is 0.313 e. The molecule has 1 aromatic carbocycles. The van der Waals surface area contributed by atoms with Gasteiger partial charge < -0.3 is 15.5 Å². The van der Waals surface area contributed by atoms with E-state index in [9.17, 15) is 19.7 Å². The Hall–Kier alpha value is -2.48. The van der Waals surface area contributed by atoms with E-state index in [-0.39, 0.29) is 11.4 Å². The van der Waals surface area contributed by atoms with Gasteiger partial charge in [-0.2, -0.15) is 0 Å². The maximum absolute atomic E-state index is 12.0. The van der Waals surface area contributed by atoms with Gasteiger partial charge >= 0.3 is 11.8 Å². The number of nitro benzene ring substituents is 1. The first kappa shape index (κ1) is 21.8. The van der Waals surface area contributed by atoms with E-state index in [1.807, 2.05) is 6.92 Å². The van der Waals surface area contributed by atoms with Crippen LogP contribution in [0.15, 0.2) is 18.2 Å². The number of benzene rings is 1. The molecule has 1 heterocycles. The van der Waals surface area contributed by atoms with Crippen LogP contribution < -0.4 is 10.6 Å². The predicted octanol–water partition coefficient (Wildman–Crippen LogP) is 2.72. The highest BCUT2D eigenvalue weighted by atomic mass is 16.6. The summed E-state index contributed by atoms with van der Waals surface area (Å²) in [5.41, 5.74) is 0.756. The lowest BCUT2D eigenvalue weighted by molar-refractivity contribution is -0.385. The third kappa shape index (κ3) is 6.60. The molecule has 1 fully saturated rings. The van der Waals surface area contributed by atoms with E-state index in [2.05, 4.69) is 22.5 Å². The van der Waals surface area contributed by atoms with Crippen molar-refractivity contribution in [3.05, 3.63) is 33.9 Å². The zero-order valence-electron chi connectivity index (χ0n) is 16.7. The third-order valence-electron chi connectivity index (χ3n) is 5.05. The van der Waals surface area contributed by atoms with Crippen LogP contribution in [-0.2, 0) is 16.0 Å². The van der Waals surface area contributed by atoms with Gasteiger partial charge in [-0.3, -0.25) is 19.7 Å². The molecular weight excluding hydrogens is 360 g/mol. The van der Waals surface area contributed by atoms with Gasteiger partial charge in [-0.1, -0.05) is 19.9 Å². The second-order valence-corrected chi connectivity index (χ2v) is 7.42. The molecule has 1 atom stereocenters. The number of carbonyl (C=O) groups excluding carboxylic acids is 2. The summed E-state index contributed by atoms with van der Waals surface area (Å²) in [6.45, 7) is 7.82. The molecule has 8 heteroatoms. The van der Waals surface area contributed by atoms with Gasteiger partial charge in [-0.25, -0.2) is 0 Å². The minimum absolute atomic E-state index is 0.0623. The molecule has 2 amide bonds. The number of rotatable bonds is 8. The minimum atomic E-state index is -0.816. The van der Waals surface area contributed by atoms with Crippen LogP contribution in [-0.4, -0.2) is 47.8 Å². The molecule has 1 aliphatic rings. The molecule has 2 rings (SSSR count). The van der Waals surface area contributed by atoms with Crippen LogP contribution in [0.4, 0.5) is 11.4 Å². The zero-order valence-corrected chi connectivity index (χ0v) is 16.7. The van der Waals surface area contributed by atoms with Gasteiger partial charge in [0.1, 0.15) is 0 Å². The van der Waals surface area contributed by atoms with E-state index in [1.54, 1.807) is 12.1 Å². The van der Waals surface area contributed by atoms with Crippen molar-refractivity contribution in [2.75, 3.05) is 31.5 Å². The summed E-state index contributed by atoms with van der Waals surface area (Å²) in [5, 5.41) is 16.1. The number of nitro groups is 1. The Morgan fingerprint density at radius 2 is 2.07 bits per heavy atom. The second kappa shape index (κ2) is 10.8. The highest BCUT2D eigenvalue weighted by Crippen LogP contribution is 2.23. The highest BCUT2D eigenvalue weighted by molar-refractivity contribution is 6.39. The van der Waals surface area contributed by atoms with E-state index in [0.717, 1.165) is 38.4 Å². The normalized spacial score (nSPS) is 17.1. The molecule has 0 aliphatic carbocycles. The monoisotopic (exact) mass is 390 g/mol. The Morgan fingerprint density at radius 1 is 1.29 bits per heavy atom. The Bertz CT molecular complexity index is 707. The van der Waals surface area contributed by atoms with E-state index in [1.165, 1.54) is 18.9 Å². The standard InChI is InChI=1S/C20H30N4O4/c1-3-16-8-9-17(13-18(16)24(27)28)22-20(26)19(25)21-10-4-5-11-23-12-6-7-15(2)14-23/h8-9,13,15H,3-7,10-12,14H2,1-2H3,(H,21,25)(H,22,26). The highest BCUT2D eigenvalue weighted by Gasteiger charge is 2.18. The van der Waals surface area contributed by atoms with E-state index in [0.29, 0.717) is 18.5 Å². The number of hydrogen-bond acceptors (Lipinski definition) is 5. The maximum Gasteiger partial charge on any atom is 0.313 e. The van der Waals surface area contributed by atoms with Crippen molar-refractivity contribution >= 4 is 23.2 Å². The van der Waals surface area contributed by atoms with Crippen molar-refractivity contribution in [2.45, 2.75) is 46.0 Å². The summed E-state index contributed by atoms with van der Waals surface area (Å²) < 4.78 is 0. The molecule has 1 unspecified atom stereocenters. The fourth-order valence-electron chi connectivity index (χ4n) is 3.53. The average molecular weight is 390 g/mol. The molecule has 1 aromatic rings. The molecule has 8 nitrogen and oxygen atoms in total. The molecule has 2 N–H and O–H groups in total. The predicted molar refractivity (Wildman–Crippen MR) is 108 cm³/mol. The van der Waals surface area contributed by atoms with Crippen molar-refractivity contribution in [3.63, 3.8) is 0 Å². The van der Waals surface area contributed by atoms with Crippen molar-refractivity contribution in [1.82, 2.24) is 10.2 Å². The van der Waals surface area contributed by atoms with Gasteiger partial charge in [0.15, 0.2) is 0 Å². The Balaban J connectivity index is 1.72. The van der Waals surface area contributed by atoms with Gasteiger partial charge in [0.2, 0.25) is 0 Å². The lowest BCUT2D eigenvalue weighted by Gasteiger charge is -2.30. The van der Waals surface area contributed by atoms with Crippen molar-refractivity contribution in [3.8, 4) is 0 Å². The number of piperidine rings is 1. The van der Waals surface area contributed by atoms with Crippen LogP contribution in [0.1, 0.15) is 45.1 Å². The quantitative estimate of drug-likeness (QED) is 0.307. The molecule has 0 radical (unpaired) electrons. The fourth-order valence-corrected chi connectivity index (χ4v) is 3.53. The van der Waals surface area contributed by atoms with Gasteiger partial charge in [-0.15, -0.1) is 0 Å². The number of amides is 2. The van der Waals surface area contributed by atoms with Crippen LogP contribution in [0.2, 0.25) is 0 Å². The topological polar surface area (TPSA) is 105 Å². The van der Waals surface area contributed by atoms with Gasteiger partial charge in [-0.05, 0) is 57.2 Å². The summed E-state index contributed by atoms with van der Waals surface area (Å²) in [5.74, 6) is -0.795. The van der Waals surface area contributed by atoms with Crippen molar-refractivity contribution in [2.24, 2.45) is 5.92 Å². The molecular formula is C20H30N4O4. The summed E-state index contributed by atoms with van der Waals surface area (Å²) in [6.07, 6.45) is 4.84. The Kier molecular flexibility index (Phi) is 8.38. The third-order valence-corrected chi connectivity index (χ3v) is 5.05. The largest absolute Gasteiger partial charge is 0.348 e. The lowest BCUT2D eigenvalue weighted by Crippen LogP contribution is -2.37. The van der Waals surface area contributed by atoms with E-state index in [4.69, 9.17) is 0 Å². The first-order valence-electron chi connectivity index (χ1n) is 9.99. The van der Waals surface area contributed by atoms with Gasteiger partial charge in [0, 0.05) is 30.4 Å². The number of aryl methyl sites for hydroxylation is 1. The molecule has 1 aliphatic heterocycles. The number of nitrogens with one attached hydrogen (secondary N) is 2. The molecule has 28 heavy (non-hydrogen) atoms. The number of nitrogens with zero attached hydrogens (tertiary/aromatic N) is 2. The molecule has 0 bridgehead atoms. The van der Waals surface area contributed by atoms with Crippen LogP contribution in [0.3, 0.4) is 0 Å². The van der Waals surface area contributed by atoms with Crippen molar-refractivity contribution < 1.29 is 14.5 Å². The van der Waals surface area contributed by atoms with Crippen LogP contribution >= 0.6 is 0 Å². The summed E-state index contributed by atoms with van der Waals surface area (Å²) in [6, 6.07) is 4.44. The first-order valence-corrected chi connectivity index (χ1v) is 9.99. The number of unbranched alkanes of at least 4 members (excludes halogenated alkanes) is 1. The summed E-state index contributed by atoms with van der Waals surface area (Å²) in [7, 11) is 0. The number of carbonyl (C=O) groups is 2. The SMILES string of the molecule is CCc1ccc(NC(=O)C(=O)NCCCCN2CCCC(C)C2)cc1[N+](=O)[O-]. The second-order valence-electron chi connectivity index (χ2n) is 7.42. The summed E-state index contributed by atoms with van der Waals surface area (Å²) >= 11 is 0. The number of anilines is 1. The summed E-state index contributed by atoms with van der Waals surface area (Å²) in [4.78, 5) is 37.0. The molecule has 1 saturated heterocycles. The van der Waals surface area contributed by atoms with E-state index < -0.39 is 16.7 Å². The van der Waals surface area contributed by atoms with Crippen LogP contribution in [0, 0.1) is 16.0 Å². The molecule has 0 saturated carbocycles. The van der Waals surface area contributed by atoms with Crippen molar-refractivity contribution in [1.29, 1.82) is 0 Å². The Morgan fingerprint density at radius 3 is 2.75 bits per heavy atom. The van der Waals surface area contributed by atoms with Crippen LogP contribution in [0.5, 0.6) is 0 Å². The fraction of sp³-hybridized carbons (Fsp3) is 0.600. The molecule has 154 valence electrons. The number of hydrogen-bond donors (Lipinski definition) is 2. The van der Waals surface area contributed by atoms with Gasteiger partial charge in [0.25, 0.3) is 5.69 Å². The van der Waals surface area contributed by atoms with Gasteiger partial charge in [0.05, 0.1) is 4.92 Å². The molecule has 0 spiro atoms. The first-order chi connectivity index (χ1) is 13.4. The van der Waals surface area contributed by atoms with Crippen LogP contribution in [0.25, 0.3) is 0 Å². The Labute approximate surface area is 165 Å². The maximum atomic E-state index is 12.0.